The first kappa shape index (κ1) is 21.6. The number of morpholine rings is 1. The summed E-state index contributed by atoms with van der Waals surface area (Å²) in [5.74, 6) is 2.36. The van der Waals surface area contributed by atoms with Crippen molar-refractivity contribution in [2.75, 3.05) is 40.0 Å². The van der Waals surface area contributed by atoms with Gasteiger partial charge in [-0.15, -0.1) is 0 Å². The van der Waals surface area contributed by atoms with Crippen molar-refractivity contribution in [2.45, 2.75) is 19.8 Å². The van der Waals surface area contributed by atoms with Crippen LogP contribution in [0, 0.1) is 6.92 Å². The molecule has 2 aromatic heterocycles. The SMILES string of the molecule is COc1cc2c(Oc3cc4ccccc4nc3C)ccnc2cc1CCCN1CCOCC1. The quantitative estimate of drug-likeness (QED) is 0.393. The van der Waals surface area contributed by atoms with Gasteiger partial charge >= 0.3 is 0 Å². The van der Waals surface area contributed by atoms with Crippen LogP contribution in [0.15, 0.2) is 54.7 Å². The van der Waals surface area contributed by atoms with Gasteiger partial charge in [-0.25, -0.2) is 4.98 Å². The second kappa shape index (κ2) is 9.73. The van der Waals surface area contributed by atoms with Gasteiger partial charge < -0.3 is 14.2 Å². The molecule has 0 N–H and O–H groups in total. The van der Waals surface area contributed by atoms with E-state index in [9.17, 15) is 0 Å². The standard InChI is InChI=1S/C27H29N3O3/c1-19-26(17-20-6-3-4-8-23(20)29-19)33-25-9-10-28-24-16-21(27(31-2)18-22(24)25)7-5-11-30-12-14-32-15-13-30/h3-4,6,8-10,16-18H,5,7,11-15H2,1-2H3. The molecule has 6 nitrogen and oxygen atoms in total. The molecule has 6 heteroatoms. The van der Waals surface area contributed by atoms with Crippen molar-refractivity contribution in [3.05, 3.63) is 66.0 Å². The average molecular weight is 444 g/mol. The number of para-hydroxylation sites is 1. The molecule has 0 spiro atoms. The summed E-state index contributed by atoms with van der Waals surface area (Å²) in [7, 11) is 1.72. The van der Waals surface area contributed by atoms with Crippen molar-refractivity contribution in [2.24, 2.45) is 0 Å². The lowest BCUT2D eigenvalue weighted by atomic mass is 10.0. The van der Waals surface area contributed by atoms with Crippen molar-refractivity contribution in [1.82, 2.24) is 14.9 Å². The Morgan fingerprint density at radius 3 is 2.67 bits per heavy atom. The fraction of sp³-hybridized carbons (Fsp3) is 0.333. The molecule has 1 aliphatic rings. The number of nitrogens with zero attached hydrogens (tertiary/aromatic N) is 3. The predicted octanol–water partition coefficient (Wildman–Crippen LogP) is 5.16. The number of ether oxygens (including phenoxy) is 3. The Morgan fingerprint density at radius 1 is 0.970 bits per heavy atom. The fourth-order valence-corrected chi connectivity index (χ4v) is 4.40. The maximum atomic E-state index is 6.35. The Kier molecular flexibility index (Phi) is 6.37. The molecular weight excluding hydrogens is 414 g/mol. The molecule has 0 aliphatic carbocycles. The van der Waals surface area contributed by atoms with Gasteiger partial charge in [-0.2, -0.15) is 0 Å². The number of pyridine rings is 2. The van der Waals surface area contributed by atoms with Crippen LogP contribution in [0.2, 0.25) is 0 Å². The van der Waals surface area contributed by atoms with Crippen LogP contribution in [0.5, 0.6) is 17.2 Å². The summed E-state index contributed by atoms with van der Waals surface area (Å²) >= 11 is 0. The summed E-state index contributed by atoms with van der Waals surface area (Å²) in [5.41, 5.74) is 3.89. The van der Waals surface area contributed by atoms with E-state index >= 15 is 0 Å². The summed E-state index contributed by atoms with van der Waals surface area (Å²) in [6.07, 6.45) is 3.81. The van der Waals surface area contributed by atoms with Gasteiger partial charge in [-0.3, -0.25) is 9.88 Å². The number of hydrogen-bond donors (Lipinski definition) is 0. The summed E-state index contributed by atoms with van der Waals surface area (Å²) < 4.78 is 17.6. The molecule has 4 aromatic rings. The summed E-state index contributed by atoms with van der Waals surface area (Å²) in [4.78, 5) is 11.8. The second-order valence-corrected chi connectivity index (χ2v) is 8.41. The van der Waals surface area contributed by atoms with Crippen LogP contribution in [-0.4, -0.2) is 54.8 Å². The van der Waals surface area contributed by atoms with E-state index in [1.54, 1.807) is 13.3 Å². The van der Waals surface area contributed by atoms with Crippen molar-refractivity contribution >= 4 is 21.8 Å². The molecule has 0 bridgehead atoms. The molecule has 1 aliphatic heterocycles. The minimum atomic E-state index is 0.745. The molecule has 3 heterocycles. The topological polar surface area (TPSA) is 56.7 Å². The van der Waals surface area contributed by atoms with Gasteiger partial charge in [0, 0.05) is 30.1 Å². The number of methoxy groups -OCH3 is 1. The third-order valence-corrected chi connectivity index (χ3v) is 6.22. The van der Waals surface area contributed by atoms with Gasteiger partial charge in [0.25, 0.3) is 0 Å². The zero-order valence-electron chi connectivity index (χ0n) is 19.2. The third-order valence-electron chi connectivity index (χ3n) is 6.22. The van der Waals surface area contributed by atoms with Crippen molar-refractivity contribution in [3.8, 4) is 17.2 Å². The Hall–Kier alpha value is -3.22. The zero-order valence-corrected chi connectivity index (χ0v) is 19.2. The first-order chi connectivity index (χ1) is 16.2. The number of hydrogen-bond acceptors (Lipinski definition) is 6. The van der Waals surface area contributed by atoms with Gasteiger partial charge in [-0.1, -0.05) is 18.2 Å². The highest BCUT2D eigenvalue weighted by molar-refractivity contribution is 5.88. The summed E-state index contributed by atoms with van der Waals surface area (Å²) in [6, 6.07) is 16.2. The highest BCUT2D eigenvalue weighted by atomic mass is 16.5. The third kappa shape index (κ3) is 4.77. The predicted molar refractivity (Wildman–Crippen MR) is 130 cm³/mol. The van der Waals surface area contributed by atoms with E-state index < -0.39 is 0 Å². The van der Waals surface area contributed by atoms with E-state index in [1.807, 2.05) is 49.4 Å². The van der Waals surface area contributed by atoms with E-state index in [2.05, 4.69) is 16.0 Å². The van der Waals surface area contributed by atoms with Crippen molar-refractivity contribution in [3.63, 3.8) is 0 Å². The van der Waals surface area contributed by atoms with Crippen LogP contribution in [0.25, 0.3) is 21.8 Å². The lowest BCUT2D eigenvalue weighted by Gasteiger charge is -2.26. The van der Waals surface area contributed by atoms with Crippen molar-refractivity contribution < 1.29 is 14.2 Å². The first-order valence-electron chi connectivity index (χ1n) is 11.5. The molecule has 2 aromatic carbocycles. The molecule has 1 saturated heterocycles. The molecule has 1 fully saturated rings. The highest BCUT2D eigenvalue weighted by Crippen LogP contribution is 2.35. The van der Waals surface area contributed by atoms with Gasteiger partial charge in [0.15, 0.2) is 0 Å². The number of fused-ring (bicyclic) bond motifs is 2. The minimum Gasteiger partial charge on any atom is -0.496 e. The molecule has 0 atom stereocenters. The Balaban J connectivity index is 1.40. The highest BCUT2D eigenvalue weighted by Gasteiger charge is 2.14. The second-order valence-electron chi connectivity index (χ2n) is 8.41. The Labute approximate surface area is 194 Å². The molecule has 33 heavy (non-hydrogen) atoms. The fourth-order valence-electron chi connectivity index (χ4n) is 4.40. The minimum absolute atomic E-state index is 0.745. The van der Waals surface area contributed by atoms with Crippen LogP contribution in [0.1, 0.15) is 17.7 Å². The van der Waals surface area contributed by atoms with E-state index in [4.69, 9.17) is 19.2 Å². The normalized spacial score (nSPS) is 14.6. The van der Waals surface area contributed by atoms with E-state index in [1.165, 1.54) is 5.56 Å². The van der Waals surface area contributed by atoms with Crippen LogP contribution in [0.3, 0.4) is 0 Å². The van der Waals surface area contributed by atoms with Crippen LogP contribution in [0.4, 0.5) is 0 Å². The monoisotopic (exact) mass is 443 g/mol. The van der Waals surface area contributed by atoms with Crippen LogP contribution in [-0.2, 0) is 11.2 Å². The lowest BCUT2D eigenvalue weighted by Crippen LogP contribution is -2.36. The Bertz CT molecular complexity index is 1270. The molecule has 0 unspecified atom stereocenters. The van der Waals surface area contributed by atoms with Gasteiger partial charge in [-0.05, 0) is 62.2 Å². The first-order valence-corrected chi connectivity index (χ1v) is 11.5. The Morgan fingerprint density at radius 2 is 1.82 bits per heavy atom. The molecule has 0 radical (unpaired) electrons. The maximum absolute atomic E-state index is 6.35. The molecule has 5 rings (SSSR count). The van der Waals surface area contributed by atoms with Gasteiger partial charge in [0.05, 0.1) is 37.1 Å². The van der Waals surface area contributed by atoms with E-state index in [-0.39, 0.29) is 0 Å². The summed E-state index contributed by atoms with van der Waals surface area (Å²) in [5, 5.41) is 1.98. The van der Waals surface area contributed by atoms with Crippen molar-refractivity contribution in [1.29, 1.82) is 0 Å². The van der Waals surface area contributed by atoms with Crippen LogP contribution < -0.4 is 9.47 Å². The molecule has 0 amide bonds. The number of aryl methyl sites for hydroxylation is 2. The largest absolute Gasteiger partial charge is 0.496 e. The molecule has 0 saturated carbocycles. The lowest BCUT2D eigenvalue weighted by molar-refractivity contribution is 0.0374. The molecular formula is C27H29N3O3. The van der Waals surface area contributed by atoms with Gasteiger partial charge in [0.2, 0.25) is 0 Å². The average Bonchev–Trinajstić information content (AvgIpc) is 2.85. The zero-order chi connectivity index (χ0) is 22.6. The maximum Gasteiger partial charge on any atom is 0.149 e. The van der Waals surface area contributed by atoms with E-state index in [0.29, 0.717) is 0 Å². The smallest absolute Gasteiger partial charge is 0.149 e. The molecule has 170 valence electrons. The van der Waals surface area contributed by atoms with E-state index in [0.717, 1.165) is 90.4 Å². The van der Waals surface area contributed by atoms with Crippen LogP contribution >= 0.6 is 0 Å². The number of rotatable bonds is 7. The number of benzene rings is 2. The van der Waals surface area contributed by atoms with Gasteiger partial charge in [0.1, 0.15) is 17.2 Å². The number of aromatic nitrogens is 2. The summed E-state index contributed by atoms with van der Waals surface area (Å²) in [6.45, 7) is 6.73.